The number of aliphatic carboxylic acids is 1. The van der Waals surface area contributed by atoms with E-state index in [-0.39, 0.29) is 0 Å². The highest BCUT2D eigenvalue weighted by atomic mass is 32.1. The second-order valence-corrected chi connectivity index (χ2v) is 6.95. The maximum Gasteiger partial charge on any atom is 0.312 e. The van der Waals surface area contributed by atoms with Gasteiger partial charge in [-0.15, -0.1) is 11.3 Å². The van der Waals surface area contributed by atoms with E-state index in [1.54, 1.807) is 11.3 Å². The lowest BCUT2D eigenvalue weighted by Gasteiger charge is -2.25. The van der Waals surface area contributed by atoms with Gasteiger partial charge < -0.3 is 14.9 Å². The lowest BCUT2D eigenvalue weighted by molar-refractivity contribution is -0.138. The van der Waals surface area contributed by atoms with E-state index in [9.17, 15) is 9.90 Å². The van der Waals surface area contributed by atoms with Gasteiger partial charge in [0.05, 0.1) is 5.69 Å². The van der Waals surface area contributed by atoms with E-state index >= 15 is 0 Å². The first-order chi connectivity index (χ1) is 9.56. The molecule has 20 heavy (non-hydrogen) atoms. The Kier molecular flexibility index (Phi) is 3.69. The van der Waals surface area contributed by atoms with Crippen LogP contribution in [0.5, 0.6) is 0 Å². The number of rotatable bonds is 4. The SMILES string of the molecule is CN(CC1CCCN1C)c1nc2c(s1)CCC2C(=O)O. The summed E-state index contributed by atoms with van der Waals surface area (Å²) in [7, 11) is 4.24. The van der Waals surface area contributed by atoms with Gasteiger partial charge in [0, 0.05) is 24.5 Å². The number of carbonyl (C=O) groups is 1. The predicted octanol–water partition coefficient (Wildman–Crippen LogP) is 1.79. The second kappa shape index (κ2) is 5.33. The van der Waals surface area contributed by atoms with Crippen molar-refractivity contribution >= 4 is 22.4 Å². The van der Waals surface area contributed by atoms with Crippen molar-refractivity contribution < 1.29 is 9.90 Å². The summed E-state index contributed by atoms with van der Waals surface area (Å²) in [6.07, 6.45) is 4.08. The van der Waals surface area contributed by atoms with E-state index < -0.39 is 11.9 Å². The van der Waals surface area contributed by atoms with Crippen LogP contribution in [0.25, 0.3) is 0 Å². The van der Waals surface area contributed by atoms with Crippen molar-refractivity contribution in [1.82, 2.24) is 9.88 Å². The van der Waals surface area contributed by atoms with Gasteiger partial charge in [-0.1, -0.05) is 0 Å². The number of carboxylic acid groups (broad SMARTS) is 1. The molecule has 110 valence electrons. The fourth-order valence-electron chi connectivity index (χ4n) is 3.22. The molecule has 1 aromatic rings. The highest BCUT2D eigenvalue weighted by Gasteiger charge is 2.33. The van der Waals surface area contributed by atoms with Crippen molar-refractivity contribution in [3.63, 3.8) is 0 Å². The average molecular weight is 295 g/mol. The zero-order valence-electron chi connectivity index (χ0n) is 12.0. The van der Waals surface area contributed by atoms with Crippen molar-refractivity contribution in [1.29, 1.82) is 0 Å². The minimum absolute atomic E-state index is 0.391. The summed E-state index contributed by atoms with van der Waals surface area (Å²) in [5.74, 6) is -1.13. The molecule has 0 spiro atoms. The van der Waals surface area contributed by atoms with Gasteiger partial charge in [-0.05, 0) is 39.3 Å². The summed E-state index contributed by atoms with van der Waals surface area (Å²) in [5, 5.41) is 10.2. The van der Waals surface area contributed by atoms with Gasteiger partial charge in [-0.25, -0.2) is 4.98 Å². The monoisotopic (exact) mass is 295 g/mol. The molecule has 3 rings (SSSR count). The lowest BCUT2D eigenvalue weighted by atomic mass is 10.1. The minimum atomic E-state index is -0.737. The number of hydrogen-bond donors (Lipinski definition) is 1. The van der Waals surface area contributed by atoms with Gasteiger partial charge in [0.15, 0.2) is 5.13 Å². The van der Waals surface area contributed by atoms with Crippen LogP contribution in [0, 0.1) is 0 Å². The zero-order chi connectivity index (χ0) is 14.3. The Morgan fingerprint density at radius 2 is 2.35 bits per heavy atom. The van der Waals surface area contributed by atoms with Crippen molar-refractivity contribution in [2.75, 3.05) is 32.1 Å². The van der Waals surface area contributed by atoms with Crippen LogP contribution in [-0.4, -0.2) is 54.2 Å². The third kappa shape index (κ3) is 2.42. The van der Waals surface area contributed by atoms with Gasteiger partial charge in [-0.2, -0.15) is 0 Å². The molecule has 1 aliphatic heterocycles. The molecule has 1 aromatic heterocycles. The molecular formula is C14H21N3O2S. The topological polar surface area (TPSA) is 56.7 Å². The molecule has 2 heterocycles. The molecule has 6 heteroatoms. The average Bonchev–Trinajstić information content (AvgIpc) is 3.04. The summed E-state index contributed by atoms with van der Waals surface area (Å²) in [5.41, 5.74) is 0.809. The number of likely N-dealkylation sites (tertiary alicyclic amines) is 1. The van der Waals surface area contributed by atoms with Crippen LogP contribution in [0.2, 0.25) is 0 Å². The largest absolute Gasteiger partial charge is 0.481 e. The van der Waals surface area contributed by atoms with Gasteiger partial charge >= 0.3 is 5.97 Å². The Morgan fingerprint density at radius 3 is 3.00 bits per heavy atom. The standard InChI is InChI=1S/C14H21N3O2S/c1-16-7-3-4-9(16)8-17(2)14-15-12-10(13(18)19)5-6-11(12)20-14/h9-10H,3-8H2,1-2H3,(H,18,19). The van der Waals surface area contributed by atoms with Crippen molar-refractivity contribution in [2.45, 2.75) is 37.6 Å². The van der Waals surface area contributed by atoms with Crippen molar-refractivity contribution in [2.24, 2.45) is 0 Å². The van der Waals surface area contributed by atoms with Crippen LogP contribution in [0.4, 0.5) is 5.13 Å². The summed E-state index contributed by atoms with van der Waals surface area (Å²) in [4.78, 5) is 21.6. The quantitative estimate of drug-likeness (QED) is 0.918. The second-order valence-electron chi connectivity index (χ2n) is 5.89. The van der Waals surface area contributed by atoms with Crippen LogP contribution >= 0.6 is 11.3 Å². The summed E-state index contributed by atoms with van der Waals surface area (Å²) in [6, 6.07) is 0.592. The maximum atomic E-state index is 11.2. The highest BCUT2D eigenvalue weighted by molar-refractivity contribution is 7.15. The van der Waals surface area contributed by atoms with Crippen molar-refractivity contribution in [3.8, 4) is 0 Å². The predicted molar refractivity (Wildman–Crippen MR) is 79.7 cm³/mol. The Labute approximate surface area is 123 Å². The fraction of sp³-hybridized carbons (Fsp3) is 0.714. The third-order valence-corrected chi connectivity index (χ3v) is 5.73. The van der Waals surface area contributed by atoms with Crippen LogP contribution in [0.3, 0.4) is 0 Å². The Bertz CT molecular complexity index is 517. The summed E-state index contributed by atoms with van der Waals surface area (Å²) >= 11 is 1.67. The van der Waals surface area contributed by atoms with E-state index in [0.29, 0.717) is 12.5 Å². The van der Waals surface area contributed by atoms with E-state index in [0.717, 1.165) is 23.8 Å². The van der Waals surface area contributed by atoms with Gasteiger partial charge in [-0.3, -0.25) is 4.79 Å². The lowest BCUT2D eigenvalue weighted by Crippen LogP contribution is -2.36. The van der Waals surface area contributed by atoms with Crippen LogP contribution < -0.4 is 4.90 Å². The summed E-state index contributed by atoms with van der Waals surface area (Å²) in [6.45, 7) is 2.15. The molecule has 1 N–H and O–H groups in total. The normalized spacial score (nSPS) is 25.9. The number of aryl methyl sites for hydroxylation is 1. The van der Waals surface area contributed by atoms with Gasteiger partial charge in [0.1, 0.15) is 5.92 Å². The van der Waals surface area contributed by atoms with Gasteiger partial charge in [0.25, 0.3) is 0 Å². The number of fused-ring (bicyclic) bond motifs is 1. The zero-order valence-corrected chi connectivity index (χ0v) is 12.8. The highest BCUT2D eigenvalue weighted by Crippen LogP contribution is 2.39. The minimum Gasteiger partial charge on any atom is -0.481 e. The number of nitrogens with zero attached hydrogens (tertiary/aromatic N) is 3. The van der Waals surface area contributed by atoms with E-state index in [1.807, 2.05) is 0 Å². The number of likely N-dealkylation sites (N-methyl/N-ethyl adjacent to an activating group) is 2. The molecule has 0 aromatic carbocycles. The molecule has 1 aliphatic carbocycles. The van der Waals surface area contributed by atoms with E-state index in [2.05, 4.69) is 28.9 Å². The maximum absolute atomic E-state index is 11.2. The number of aromatic nitrogens is 1. The molecule has 0 saturated carbocycles. The number of thiazole rings is 1. The Morgan fingerprint density at radius 1 is 1.55 bits per heavy atom. The van der Waals surface area contributed by atoms with Gasteiger partial charge in [0.2, 0.25) is 0 Å². The van der Waals surface area contributed by atoms with Crippen molar-refractivity contribution in [3.05, 3.63) is 10.6 Å². The van der Waals surface area contributed by atoms with Crippen LogP contribution in [0.15, 0.2) is 0 Å². The van der Waals surface area contributed by atoms with Crippen LogP contribution in [-0.2, 0) is 11.2 Å². The molecular weight excluding hydrogens is 274 g/mol. The molecule has 2 atom stereocenters. The molecule has 0 amide bonds. The molecule has 2 unspecified atom stereocenters. The molecule has 1 fully saturated rings. The Balaban J connectivity index is 1.72. The Hall–Kier alpha value is -1.14. The molecule has 0 radical (unpaired) electrons. The number of carboxylic acids is 1. The first-order valence-electron chi connectivity index (χ1n) is 7.20. The molecule has 1 saturated heterocycles. The summed E-state index contributed by atoms with van der Waals surface area (Å²) < 4.78 is 0. The van der Waals surface area contributed by atoms with E-state index in [4.69, 9.17) is 0 Å². The number of hydrogen-bond acceptors (Lipinski definition) is 5. The van der Waals surface area contributed by atoms with Crippen LogP contribution in [0.1, 0.15) is 35.8 Å². The smallest absolute Gasteiger partial charge is 0.312 e. The molecule has 5 nitrogen and oxygen atoms in total. The molecule has 2 aliphatic rings. The number of anilines is 1. The van der Waals surface area contributed by atoms with E-state index in [1.165, 1.54) is 24.3 Å². The first kappa shape index (κ1) is 13.8. The first-order valence-corrected chi connectivity index (χ1v) is 8.01. The molecule has 0 bridgehead atoms. The third-order valence-electron chi connectivity index (χ3n) is 4.49. The fourth-order valence-corrected chi connectivity index (χ4v) is 4.33.